The second kappa shape index (κ2) is 9.15. The number of nitrogens with one attached hydrogen (secondary N) is 2. The Labute approximate surface area is 130 Å². The Hall–Kier alpha value is -1.85. The van der Waals surface area contributed by atoms with Crippen molar-refractivity contribution in [1.29, 1.82) is 0 Å². The van der Waals surface area contributed by atoms with E-state index >= 15 is 0 Å². The SMILES string of the molecule is Cc1occc1C(=O)NCCCNCc1cccnc1.Cl. The van der Waals surface area contributed by atoms with Crippen LogP contribution in [0.2, 0.25) is 0 Å². The Bertz CT molecular complexity index is 543. The van der Waals surface area contributed by atoms with Crippen LogP contribution in [0.4, 0.5) is 0 Å². The zero-order valence-electron chi connectivity index (χ0n) is 12.0. The molecule has 1 amide bonds. The van der Waals surface area contributed by atoms with Crippen LogP contribution in [0.5, 0.6) is 0 Å². The fourth-order valence-electron chi connectivity index (χ4n) is 1.87. The van der Waals surface area contributed by atoms with Gasteiger partial charge < -0.3 is 15.1 Å². The lowest BCUT2D eigenvalue weighted by molar-refractivity contribution is 0.0951. The molecular weight excluding hydrogens is 290 g/mol. The summed E-state index contributed by atoms with van der Waals surface area (Å²) >= 11 is 0. The van der Waals surface area contributed by atoms with E-state index in [0.717, 1.165) is 25.1 Å². The number of aromatic nitrogens is 1. The lowest BCUT2D eigenvalue weighted by atomic mass is 10.2. The summed E-state index contributed by atoms with van der Waals surface area (Å²) in [6.07, 6.45) is 6.01. The van der Waals surface area contributed by atoms with E-state index in [1.807, 2.05) is 18.3 Å². The topological polar surface area (TPSA) is 67.2 Å². The van der Waals surface area contributed by atoms with Crippen LogP contribution < -0.4 is 10.6 Å². The molecule has 0 bridgehead atoms. The van der Waals surface area contributed by atoms with E-state index in [9.17, 15) is 4.79 Å². The quantitative estimate of drug-likeness (QED) is 0.770. The summed E-state index contributed by atoms with van der Waals surface area (Å²) in [4.78, 5) is 15.8. The highest BCUT2D eigenvalue weighted by molar-refractivity contribution is 5.94. The molecule has 2 rings (SSSR count). The molecule has 0 saturated heterocycles. The molecule has 5 nitrogen and oxygen atoms in total. The molecular formula is C15H20ClN3O2. The van der Waals surface area contributed by atoms with E-state index in [1.54, 1.807) is 19.2 Å². The summed E-state index contributed by atoms with van der Waals surface area (Å²) < 4.78 is 5.10. The maximum atomic E-state index is 11.8. The van der Waals surface area contributed by atoms with Crippen LogP contribution in [0.25, 0.3) is 0 Å². The van der Waals surface area contributed by atoms with E-state index in [4.69, 9.17) is 4.42 Å². The number of pyridine rings is 1. The van der Waals surface area contributed by atoms with Crippen molar-refractivity contribution in [3.05, 3.63) is 53.7 Å². The van der Waals surface area contributed by atoms with Gasteiger partial charge in [0.1, 0.15) is 5.76 Å². The number of hydrogen-bond donors (Lipinski definition) is 2. The molecule has 21 heavy (non-hydrogen) atoms. The van der Waals surface area contributed by atoms with Gasteiger partial charge in [-0.3, -0.25) is 9.78 Å². The molecule has 0 aliphatic rings. The molecule has 0 aliphatic heterocycles. The number of carbonyl (C=O) groups excluding carboxylic acids is 1. The molecule has 2 aromatic heterocycles. The summed E-state index contributed by atoms with van der Waals surface area (Å²) in [5.74, 6) is 0.570. The van der Waals surface area contributed by atoms with Crippen molar-refractivity contribution in [1.82, 2.24) is 15.6 Å². The molecule has 0 radical (unpaired) electrons. The first kappa shape index (κ1) is 17.2. The lowest BCUT2D eigenvalue weighted by Gasteiger charge is -2.06. The van der Waals surface area contributed by atoms with Gasteiger partial charge in [-0.1, -0.05) is 6.07 Å². The third-order valence-electron chi connectivity index (χ3n) is 2.97. The normalized spacial score (nSPS) is 9.95. The lowest BCUT2D eigenvalue weighted by Crippen LogP contribution is -2.27. The van der Waals surface area contributed by atoms with Crippen molar-refractivity contribution in [3.8, 4) is 0 Å². The zero-order chi connectivity index (χ0) is 14.2. The van der Waals surface area contributed by atoms with Crippen LogP contribution in [0.15, 0.2) is 41.3 Å². The van der Waals surface area contributed by atoms with Crippen LogP contribution >= 0.6 is 12.4 Å². The Morgan fingerprint density at radius 3 is 2.86 bits per heavy atom. The van der Waals surface area contributed by atoms with Crippen LogP contribution in [-0.2, 0) is 6.54 Å². The van der Waals surface area contributed by atoms with E-state index in [2.05, 4.69) is 15.6 Å². The molecule has 2 N–H and O–H groups in total. The molecule has 0 atom stereocenters. The summed E-state index contributed by atoms with van der Waals surface area (Å²) in [6.45, 7) is 4.07. The highest BCUT2D eigenvalue weighted by atomic mass is 35.5. The Morgan fingerprint density at radius 2 is 2.19 bits per heavy atom. The summed E-state index contributed by atoms with van der Waals surface area (Å²) in [5.41, 5.74) is 1.76. The average Bonchev–Trinajstić information content (AvgIpc) is 2.90. The van der Waals surface area contributed by atoms with Gasteiger partial charge in [0.05, 0.1) is 11.8 Å². The number of rotatable bonds is 7. The van der Waals surface area contributed by atoms with Gasteiger partial charge in [-0.15, -0.1) is 12.4 Å². The van der Waals surface area contributed by atoms with Crippen molar-refractivity contribution in [3.63, 3.8) is 0 Å². The number of hydrogen-bond acceptors (Lipinski definition) is 4. The first-order chi connectivity index (χ1) is 9.77. The molecule has 0 fully saturated rings. The predicted octanol–water partition coefficient (Wildman–Crippen LogP) is 2.31. The number of aryl methyl sites for hydroxylation is 1. The molecule has 0 saturated carbocycles. The van der Waals surface area contributed by atoms with Crippen molar-refractivity contribution < 1.29 is 9.21 Å². The van der Waals surface area contributed by atoms with Gasteiger partial charge in [0.15, 0.2) is 0 Å². The van der Waals surface area contributed by atoms with Crippen LogP contribution in [-0.4, -0.2) is 24.0 Å². The Morgan fingerprint density at radius 1 is 1.33 bits per heavy atom. The van der Waals surface area contributed by atoms with Gasteiger partial charge in [0.25, 0.3) is 5.91 Å². The predicted molar refractivity (Wildman–Crippen MR) is 83.6 cm³/mol. The zero-order valence-corrected chi connectivity index (χ0v) is 12.8. The molecule has 2 heterocycles. The second-order valence-corrected chi connectivity index (χ2v) is 4.54. The van der Waals surface area contributed by atoms with E-state index < -0.39 is 0 Å². The van der Waals surface area contributed by atoms with Crippen LogP contribution in [0.1, 0.15) is 28.1 Å². The van der Waals surface area contributed by atoms with Crippen molar-refractivity contribution in [2.75, 3.05) is 13.1 Å². The highest BCUT2D eigenvalue weighted by Crippen LogP contribution is 2.07. The minimum atomic E-state index is -0.0801. The van der Waals surface area contributed by atoms with Crippen molar-refractivity contribution in [2.24, 2.45) is 0 Å². The summed E-state index contributed by atoms with van der Waals surface area (Å²) in [5, 5.41) is 6.19. The van der Waals surface area contributed by atoms with Crippen molar-refractivity contribution >= 4 is 18.3 Å². The third-order valence-corrected chi connectivity index (χ3v) is 2.97. The standard InChI is InChI=1S/C15H19N3O2.ClH/c1-12-14(5-9-20-12)15(19)18-8-3-7-17-11-13-4-2-6-16-10-13;/h2,4-6,9-10,17H,3,7-8,11H2,1H3,(H,18,19);1H. The molecule has 114 valence electrons. The fraction of sp³-hybridized carbons (Fsp3) is 0.333. The smallest absolute Gasteiger partial charge is 0.254 e. The van der Waals surface area contributed by atoms with Gasteiger partial charge in [-0.25, -0.2) is 0 Å². The van der Waals surface area contributed by atoms with Gasteiger partial charge in [-0.05, 0) is 37.6 Å². The Balaban J connectivity index is 0.00000220. The second-order valence-electron chi connectivity index (χ2n) is 4.54. The maximum absolute atomic E-state index is 11.8. The van der Waals surface area contributed by atoms with Crippen LogP contribution in [0, 0.1) is 6.92 Å². The Kier molecular flexibility index (Phi) is 7.50. The van der Waals surface area contributed by atoms with Gasteiger partial charge >= 0.3 is 0 Å². The molecule has 6 heteroatoms. The van der Waals surface area contributed by atoms with E-state index in [1.165, 1.54) is 6.26 Å². The third kappa shape index (κ3) is 5.57. The largest absolute Gasteiger partial charge is 0.469 e. The average molecular weight is 310 g/mol. The summed E-state index contributed by atoms with van der Waals surface area (Å²) in [6, 6.07) is 5.64. The first-order valence-electron chi connectivity index (χ1n) is 6.69. The summed E-state index contributed by atoms with van der Waals surface area (Å²) in [7, 11) is 0. The van der Waals surface area contributed by atoms with E-state index in [0.29, 0.717) is 17.9 Å². The molecule has 2 aromatic rings. The van der Waals surface area contributed by atoms with Crippen molar-refractivity contribution in [2.45, 2.75) is 19.9 Å². The van der Waals surface area contributed by atoms with E-state index in [-0.39, 0.29) is 18.3 Å². The number of halogens is 1. The minimum Gasteiger partial charge on any atom is -0.469 e. The molecule has 0 unspecified atom stereocenters. The van der Waals surface area contributed by atoms with Crippen LogP contribution in [0.3, 0.4) is 0 Å². The van der Waals surface area contributed by atoms with Gasteiger partial charge in [-0.2, -0.15) is 0 Å². The molecule has 0 aromatic carbocycles. The fourth-order valence-corrected chi connectivity index (χ4v) is 1.87. The number of furan rings is 1. The number of nitrogens with zero attached hydrogens (tertiary/aromatic N) is 1. The first-order valence-corrected chi connectivity index (χ1v) is 6.69. The monoisotopic (exact) mass is 309 g/mol. The number of carbonyl (C=O) groups is 1. The molecule has 0 spiro atoms. The van der Waals surface area contributed by atoms with Gasteiger partial charge in [0.2, 0.25) is 0 Å². The minimum absolute atomic E-state index is 0. The molecule has 0 aliphatic carbocycles. The maximum Gasteiger partial charge on any atom is 0.254 e. The number of amides is 1. The highest BCUT2D eigenvalue weighted by Gasteiger charge is 2.09. The van der Waals surface area contributed by atoms with Gasteiger partial charge in [0, 0.05) is 25.5 Å².